The van der Waals surface area contributed by atoms with Crippen molar-refractivity contribution < 1.29 is 17.8 Å². The lowest BCUT2D eigenvalue weighted by Crippen LogP contribution is -2.10. The number of nitrogens with one attached hydrogen (secondary N) is 2. The van der Waals surface area contributed by atoms with E-state index in [0.717, 1.165) is 41.0 Å². The minimum atomic E-state index is -4.36. The number of anilines is 1. The minimum absolute atomic E-state index is 0.169. The maximum Gasteiger partial charge on any atom is 0.294 e. The van der Waals surface area contributed by atoms with E-state index in [1.54, 1.807) is 12.1 Å². The molecule has 0 saturated heterocycles. The molecule has 0 amide bonds. The van der Waals surface area contributed by atoms with Crippen molar-refractivity contribution in [1.82, 2.24) is 5.32 Å². The predicted octanol–water partition coefficient (Wildman–Crippen LogP) is 4.64. The van der Waals surface area contributed by atoms with Crippen molar-refractivity contribution in [3.8, 4) is 0 Å². The Morgan fingerprint density at radius 3 is 2.15 bits per heavy atom. The van der Waals surface area contributed by atoms with Crippen molar-refractivity contribution >= 4 is 38.8 Å². The second-order valence-electron chi connectivity index (χ2n) is 8.01. The second-order valence-corrected chi connectivity index (χ2v) is 9.43. The van der Waals surface area contributed by atoms with Crippen LogP contribution in [0, 0.1) is 0 Å². The van der Waals surface area contributed by atoms with Gasteiger partial charge in [-0.1, -0.05) is 48.5 Å². The van der Waals surface area contributed by atoms with E-state index in [1.807, 2.05) is 62.5 Å². The van der Waals surface area contributed by atoms with Crippen LogP contribution in [0.15, 0.2) is 77.7 Å². The first-order valence-electron chi connectivity index (χ1n) is 11.0. The SMILES string of the molecule is CCNc1ccc(/C(=C2/C(=O)C=Cc3cc(S(=O)(=O)O)ccc32)c2ccc(CNC)cc2)cc1. The van der Waals surface area contributed by atoms with E-state index in [9.17, 15) is 17.8 Å². The van der Waals surface area contributed by atoms with Gasteiger partial charge >= 0.3 is 0 Å². The van der Waals surface area contributed by atoms with Gasteiger partial charge in [0.05, 0.1) is 4.90 Å². The maximum absolute atomic E-state index is 13.2. The third kappa shape index (κ3) is 4.87. The van der Waals surface area contributed by atoms with Crippen molar-refractivity contribution in [3.05, 3.63) is 101 Å². The molecule has 3 aromatic rings. The molecule has 0 fully saturated rings. The zero-order chi connectivity index (χ0) is 24.3. The Hall–Kier alpha value is -3.52. The van der Waals surface area contributed by atoms with Gasteiger partial charge in [0.1, 0.15) is 0 Å². The summed E-state index contributed by atoms with van der Waals surface area (Å²) in [5.74, 6) is -0.169. The predicted molar refractivity (Wildman–Crippen MR) is 136 cm³/mol. The highest BCUT2D eigenvalue weighted by Crippen LogP contribution is 2.38. The topological polar surface area (TPSA) is 95.5 Å². The number of allylic oxidation sites excluding steroid dienone is 2. The average molecular weight is 475 g/mol. The molecular weight excluding hydrogens is 448 g/mol. The van der Waals surface area contributed by atoms with Gasteiger partial charge in [-0.05, 0) is 72.1 Å². The zero-order valence-corrected chi connectivity index (χ0v) is 19.8. The summed E-state index contributed by atoms with van der Waals surface area (Å²) < 4.78 is 32.8. The molecule has 34 heavy (non-hydrogen) atoms. The van der Waals surface area contributed by atoms with Crippen LogP contribution < -0.4 is 10.6 Å². The quantitative estimate of drug-likeness (QED) is 0.341. The van der Waals surface area contributed by atoms with Crippen LogP contribution in [0.5, 0.6) is 0 Å². The first kappa shape index (κ1) is 23.6. The van der Waals surface area contributed by atoms with Crippen molar-refractivity contribution in [1.29, 1.82) is 0 Å². The van der Waals surface area contributed by atoms with Gasteiger partial charge in [-0.15, -0.1) is 0 Å². The van der Waals surface area contributed by atoms with Crippen molar-refractivity contribution in [2.45, 2.75) is 18.4 Å². The first-order chi connectivity index (χ1) is 16.3. The summed E-state index contributed by atoms with van der Waals surface area (Å²) in [6.07, 6.45) is 3.02. The molecule has 0 bridgehead atoms. The first-order valence-corrected chi connectivity index (χ1v) is 12.4. The van der Waals surface area contributed by atoms with Gasteiger partial charge in [-0.3, -0.25) is 9.35 Å². The summed E-state index contributed by atoms with van der Waals surface area (Å²) in [4.78, 5) is 13.0. The van der Waals surface area contributed by atoms with E-state index >= 15 is 0 Å². The van der Waals surface area contributed by atoms with E-state index < -0.39 is 10.1 Å². The summed E-state index contributed by atoms with van der Waals surface area (Å²) in [6, 6.07) is 20.2. The summed E-state index contributed by atoms with van der Waals surface area (Å²) >= 11 is 0. The molecule has 0 spiro atoms. The minimum Gasteiger partial charge on any atom is -0.385 e. The van der Waals surface area contributed by atoms with Crippen molar-refractivity contribution in [2.24, 2.45) is 0 Å². The Kier molecular flexibility index (Phi) is 6.79. The molecule has 0 unspecified atom stereocenters. The van der Waals surface area contributed by atoms with E-state index in [1.165, 1.54) is 18.2 Å². The Morgan fingerprint density at radius 1 is 0.912 bits per heavy atom. The standard InChI is InChI=1S/C27H26N2O4S/c1-3-29-22-11-8-20(9-12-22)26(19-6-4-18(5-7-19)17-28-2)27-24-14-13-23(34(31,32)33)16-21(24)10-15-25(27)30/h4-16,28-29H,3,17H2,1-2H3,(H,31,32,33)/b27-26+. The third-order valence-corrected chi connectivity index (χ3v) is 6.53. The van der Waals surface area contributed by atoms with E-state index in [-0.39, 0.29) is 10.7 Å². The van der Waals surface area contributed by atoms with Crippen LogP contribution in [0.4, 0.5) is 5.69 Å². The monoisotopic (exact) mass is 474 g/mol. The fraction of sp³-hybridized carbons (Fsp3) is 0.148. The molecule has 0 atom stereocenters. The Balaban J connectivity index is 1.96. The molecule has 0 heterocycles. The highest BCUT2D eigenvalue weighted by atomic mass is 32.2. The van der Waals surface area contributed by atoms with E-state index in [4.69, 9.17) is 0 Å². The van der Waals surface area contributed by atoms with Crippen molar-refractivity contribution in [2.75, 3.05) is 18.9 Å². The van der Waals surface area contributed by atoms with Gasteiger partial charge < -0.3 is 10.6 Å². The van der Waals surface area contributed by atoms with Gasteiger partial charge in [0.15, 0.2) is 5.78 Å². The van der Waals surface area contributed by atoms with Gasteiger partial charge in [0.2, 0.25) is 0 Å². The maximum atomic E-state index is 13.2. The largest absolute Gasteiger partial charge is 0.385 e. The number of fused-ring (bicyclic) bond motifs is 1. The van der Waals surface area contributed by atoms with Crippen molar-refractivity contribution in [3.63, 3.8) is 0 Å². The fourth-order valence-corrected chi connectivity index (χ4v) is 4.63. The summed E-state index contributed by atoms with van der Waals surface area (Å²) in [7, 11) is -2.47. The number of ketones is 1. The molecule has 7 heteroatoms. The number of carbonyl (C=O) groups is 1. The second kappa shape index (κ2) is 9.77. The molecule has 1 aliphatic carbocycles. The van der Waals surface area contributed by atoms with Crippen LogP contribution in [0.1, 0.15) is 34.7 Å². The van der Waals surface area contributed by atoms with Gasteiger partial charge in [0, 0.05) is 29.9 Å². The van der Waals surface area contributed by atoms with E-state index in [0.29, 0.717) is 16.7 Å². The van der Waals surface area contributed by atoms with Gasteiger partial charge in [-0.2, -0.15) is 8.42 Å². The number of benzene rings is 3. The lowest BCUT2D eigenvalue weighted by atomic mass is 9.83. The number of hydrogen-bond donors (Lipinski definition) is 3. The highest BCUT2D eigenvalue weighted by Gasteiger charge is 2.25. The number of rotatable bonds is 7. The van der Waals surface area contributed by atoms with Crippen LogP contribution in [-0.2, 0) is 21.5 Å². The lowest BCUT2D eigenvalue weighted by Gasteiger charge is -2.20. The van der Waals surface area contributed by atoms with Crippen LogP contribution in [0.25, 0.3) is 17.2 Å². The Bertz CT molecular complexity index is 1340. The highest BCUT2D eigenvalue weighted by molar-refractivity contribution is 7.85. The molecule has 0 radical (unpaired) electrons. The van der Waals surface area contributed by atoms with Gasteiger partial charge in [0.25, 0.3) is 10.1 Å². The molecule has 0 saturated carbocycles. The van der Waals surface area contributed by atoms with E-state index in [2.05, 4.69) is 10.6 Å². The Morgan fingerprint density at radius 2 is 1.56 bits per heavy atom. The number of hydrogen-bond acceptors (Lipinski definition) is 5. The molecular formula is C27H26N2O4S. The molecule has 0 aliphatic heterocycles. The molecule has 174 valence electrons. The lowest BCUT2D eigenvalue weighted by molar-refractivity contribution is -0.109. The summed E-state index contributed by atoms with van der Waals surface area (Å²) in [5, 5.41) is 6.41. The smallest absolute Gasteiger partial charge is 0.294 e. The summed E-state index contributed by atoms with van der Waals surface area (Å²) in [5.41, 5.74) is 6.25. The third-order valence-electron chi connectivity index (χ3n) is 5.68. The van der Waals surface area contributed by atoms with Crippen LogP contribution >= 0.6 is 0 Å². The molecule has 0 aromatic heterocycles. The number of carbonyl (C=O) groups excluding carboxylic acids is 1. The van der Waals surface area contributed by atoms with Crippen LogP contribution in [0.3, 0.4) is 0 Å². The molecule has 4 rings (SSSR count). The van der Waals surface area contributed by atoms with Crippen LogP contribution in [-0.4, -0.2) is 32.3 Å². The fourth-order valence-electron chi connectivity index (χ4n) is 4.11. The average Bonchev–Trinajstić information content (AvgIpc) is 2.82. The van der Waals surface area contributed by atoms with Gasteiger partial charge in [-0.25, -0.2) is 0 Å². The molecule has 1 aliphatic rings. The summed E-state index contributed by atoms with van der Waals surface area (Å²) in [6.45, 7) is 3.55. The molecule has 3 aromatic carbocycles. The normalized spacial score (nSPS) is 14.6. The van der Waals surface area contributed by atoms with Crippen LogP contribution in [0.2, 0.25) is 0 Å². The molecule has 6 nitrogen and oxygen atoms in total. The Labute approximate surface area is 199 Å². The molecule has 3 N–H and O–H groups in total. The zero-order valence-electron chi connectivity index (χ0n) is 19.0.